The van der Waals surface area contributed by atoms with Gasteiger partial charge in [-0.2, -0.15) is 0 Å². The van der Waals surface area contributed by atoms with Crippen molar-refractivity contribution in [1.82, 2.24) is 0 Å². The highest BCUT2D eigenvalue weighted by Crippen LogP contribution is 2.27. The third-order valence-corrected chi connectivity index (χ3v) is 6.05. The summed E-state index contributed by atoms with van der Waals surface area (Å²) in [5, 5.41) is 2.76. The van der Waals surface area contributed by atoms with Gasteiger partial charge in [0.1, 0.15) is 12.3 Å². The fourth-order valence-corrected chi connectivity index (χ4v) is 4.29. The monoisotopic (exact) mass is 410 g/mol. The van der Waals surface area contributed by atoms with E-state index < -0.39 is 15.9 Å². The summed E-state index contributed by atoms with van der Waals surface area (Å²) in [5.41, 5.74) is 1.94. The van der Waals surface area contributed by atoms with E-state index in [4.69, 9.17) is 4.74 Å². The number of anilines is 2. The molecule has 3 aromatic carbocycles. The first-order chi connectivity index (χ1) is 13.9. The number of ether oxygens (including phenoxy) is 1. The Kier molecular flexibility index (Phi) is 6.19. The number of amides is 1. The number of carbonyl (C=O) groups is 1. The van der Waals surface area contributed by atoms with Crippen molar-refractivity contribution in [3.05, 3.63) is 84.4 Å². The maximum Gasteiger partial charge on any atom is 0.264 e. The lowest BCUT2D eigenvalue weighted by molar-refractivity contribution is -0.114. The maximum atomic E-state index is 13.3. The zero-order valence-corrected chi connectivity index (χ0v) is 17.0. The van der Waals surface area contributed by atoms with E-state index in [9.17, 15) is 13.2 Å². The van der Waals surface area contributed by atoms with E-state index >= 15 is 0 Å². The molecule has 1 amide bonds. The predicted molar refractivity (Wildman–Crippen MR) is 114 cm³/mol. The summed E-state index contributed by atoms with van der Waals surface area (Å²) in [4.78, 5) is 12.8. The van der Waals surface area contributed by atoms with Crippen LogP contribution in [-0.2, 0) is 14.8 Å². The van der Waals surface area contributed by atoms with Gasteiger partial charge in [-0.3, -0.25) is 9.10 Å². The average molecular weight is 410 g/mol. The molecule has 0 spiro atoms. The smallest absolute Gasteiger partial charge is 0.264 e. The molecule has 0 aliphatic heterocycles. The van der Waals surface area contributed by atoms with E-state index in [1.165, 1.54) is 19.2 Å². The third kappa shape index (κ3) is 4.94. The molecule has 0 atom stereocenters. The SMILES string of the molecule is COc1cccc(N(CC(=O)Nc2cccc(C)c2)S(=O)(=O)c2ccccc2)c1. The van der Waals surface area contributed by atoms with Crippen LogP contribution >= 0.6 is 0 Å². The predicted octanol–water partition coefficient (Wildman–Crippen LogP) is 3.84. The van der Waals surface area contributed by atoms with Crippen LogP contribution in [0.3, 0.4) is 0 Å². The summed E-state index contributed by atoms with van der Waals surface area (Å²) in [6.07, 6.45) is 0. The fourth-order valence-electron chi connectivity index (χ4n) is 2.85. The van der Waals surface area contributed by atoms with Crippen molar-refractivity contribution < 1.29 is 17.9 Å². The number of nitrogens with zero attached hydrogens (tertiary/aromatic N) is 1. The van der Waals surface area contributed by atoms with Gasteiger partial charge >= 0.3 is 0 Å². The first-order valence-electron chi connectivity index (χ1n) is 8.98. The molecule has 0 fully saturated rings. The van der Waals surface area contributed by atoms with E-state index in [-0.39, 0.29) is 11.4 Å². The van der Waals surface area contributed by atoms with E-state index in [0.717, 1.165) is 9.87 Å². The van der Waals surface area contributed by atoms with Gasteiger partial charge in [-0.05, 0) is 48.9 Å². The first-order valence-corrected chi connectivity index (χ1v) is 10.4. The summed E-state index contributed by atoms with van der Waals surface area (Å²) in [7, 11) is -2.46. The zero-order chi connectivity index (χ0) is 20.9. The largest absolute Gasteiger partial charge is 0.497 e. The number of methoxy groups -OCH3 is 1. The molecule has 3 rings (SSSR count). The van der Waals surface area contributed by atoms with Crippen LogP contribution in [0, 0.1) is 6.92 Å². The second-order valence-electron chi connectivity index (χ2n) is 6.44. The number of carbonyl (C=O) groups excluding carboxylic acids is 1. The maximum absolute atomic E-state index is 13.3. The number of hydrogen-bond donors (Lipinski definition) is 1. The minimum Gasteiger partial charge on any atom is -0.497 e. The molecular formula is C22H22N2O4S. The standard InChI is InChI=1S/C22H22N2O4S/c1-17-8-6-9-18(14-17)23-22(25)16-24(19-10-7-11-20(15-19)28-2)29(26,27)21-12-4-3-5-13-21/h3-15H,16H2,1-2H3,(H,23,25). The van der Waals surface area contributed by atoms with Crippen LogP contribution in [0.25, 0.3) is 0 Å². The molecule has 0 bridgehead atoms. The molecule has 0 aromatic heterocycles. The number of sulfonamides is 1. The Hall–Kier alpha value is -3.32. The van der Waals surface area contributed by atoms with Gasteiger partial charge in [0.15, 0.2) is 0 Å². The topological polar surface area (TPSA) is 75.7 Å². The van der Waals surface area contributed by atoms with Crippen LogP contribution in [0.5, 0.6) is 5.75 Å². The molecule has 1 N–H and O–H groups in total. The molecule has 150 valence electrons. The van der Waals surface area contributed by atoms with Crippen LogP contribution in [-0.4, -0.2) is 28.0 Å². The minimum atomic E-state index is -3.96. The van der Waals surface area contributed by atoms with Crippen LogP contribution in [0.2, 0.25) is 0 Å². The molecule has 29 heavy (non-hydrogen) atoms. The van der Waals surface area contributed by atoms with Crippen LogP contribution in [0.15, 0.2) is 83.8 Å². The summed E-state index contributed by atoms with van der Waals surface area (Å²) >= 11 is 0. The zero-order valence-electron chi connectivity index (χ0n) is 16.2. The fraction of sp³-hybridized carbons (Fsp3) is 0.136. The van der Waals surface area contributed by atoms with Gasteiger partial charge in [0, 0.05) is 11.8 Å². The molecule has 6 nitrogen and oxygen atoms in total. The Balaban J connectivity index is 1.95. The van der Waals surface area contributed by atoms with Crippen LogP contribution in [0.4, 0.5) is 11.4 Å². The number of aryl methyl sites for hydroxylation is 1. The second kappa shape index (κ2) is 8.79. The van der Waals surface area contributed by atoms with Crippen molar-refractivity contribution in [2.45, 2.75) is 11.8 Å². The van der Waals surface area contributed by atoms with Gasteiger partial charge in [-0.15, -0.1) is 0 Å². The van der Waals surface area contributed by atoms with Gasteiger partial charge in [-0.1, -0.05) is 36.4 Å². The van der Waals surface area contributed by atoms with Gasteiger partial charge in [0.25, 0.3) is 10.0 Å². The highest BCUT2D eigenvalue weighted by molar-refractivity contribution is 7.92. The Labute approximate surface area is 170 Å². The molecule has 0 saturated heterocycles. The molecule has 0 saturated carbocycles. The number of benzene rings is 3. The van der Waals surface area contributed by atoms with Crippen molar-refractivity contribution >= 4 is 27.3 Å². The molecule has 7 heteroatoms. The quantitative estimate of drug-likeness (QED) is 0.642. The third-order valence-electron chi connectivity index (χ3n) is 4.26. The summed E-state index contributed by atoms with van der Waals surface area (Å²) in [6.45, 7) is 1.54. The molecule has 0 aliphatic carbocycles. The van der Waals surface area contributed by atoms with Crippen molar-refractivity contribution in [2.24, 2.45) is 0 Å². The van der Waals surface area contributed by atoms with E-state index in [2.05, 4.69) is 5.32 Å². The van der Waals surface area contributed by atoms with E-state index in [1.54, 1.807) is 48.5 Å². The van der Waals surface area contributed by atoms with Gasteiger partial charge in [0.05, 0.1) is 17.7 Å². The second-order valence-corrected chi connectivity index (χ2v) is 8.31. The highest BCUT2D eigenvalue weighted by Gasteiger charge is 2.27. The highest BCUT2D eigenvalue weighted by atomic mass is 32.2. The number of hydrogen-bond acceptors (Lipinski definition) is 4. The molecule has 0 heterocycles. The lowest BCUT2D eigenvalue weighted by Gasteiger charge is -2.24. The van der Waals surface area contributed by atoms with Gasteiger partial charge < -0.3 is 10.1 Å². The molecule has 0 radical (unpaired) electrons. The Morgan fingerprint density at radius 1 is 0.966 bits per heavy atom. The summed E-state index contributed by atoms with van der Waals surface area (Å²) < 4.78 is 32.9. The van der Waals surface area contributed by atoms with E-state index in [1.807, 2.05) is 25.1 Å². The first kappa shape index (κ1) is 20.4. The summed E-state index contributed by atoms with van der Waals surface area (Å²) in [6, 6.07) is 21.9. The molecular weight excluding hydrogens is 388 g/mol. The van der Waals surface area contributed by atoms with Gasteiger partial charge in [-0.25, -0.2) is 8.42 Å². The number of rotatable bonds is 7. The van der Waals surface area contributed by atoms with Crippen molar-refractivity contribution in [3.63, 3.8) is 0 Å². The molecule has 3 aromatic rings. The number of nitrogens with one attached hydrogen (secondary N) is 1. The minimum absolute atomic E-state index is 0.103. The summed E-state index contributed by atoms with van der Waals surface area (Å²) in [5.74, 6) is 0.0489. The normalized spacial score (nSPS) is 11.0. The van der Waals surface area contributed by atoms with Crippen molar-refractivity contribution in [1.29, 1.82) is 0 Å². The average Bonchev–Trinajstić information content (AvgIpc) is 2.72. The molecule has 0 aliphatic rings. The van der Waals surface area contributed by atoms with E-state index in [0.29, 0.717) is 17.1 Å². The Bertz CT molecular complexity index is 1100. The van der Waals surface area contributed by atoms with Gasteiger partial charge in [0.2, 0.25) is 5.91 Å². The lowest BCUT2D eigenvalue weighted by Crippen LogP contribution is -2.38. The Morgan fingerprint density at radius 2 is 1.69 bits per heavy atom. The Morgan fingerprint density at radius 3 is 2.38 bits per heavy atom. The van der Waals surface area contributed by atoms with Crippen molar-refractivity contribution in [2.75, 3.05) is 23.3 Å². The molecule has 0 unspecified atom stereocenters. The van der Waals surface area contributed by atoms with Crippen LogP contribution < -0.4 is 14.4 Å². The van der Waals surface area contributed by atoms with Crippen LogP contribution in [0.1, 0.15) is 5.56 Å². The lowest BCUT2D eigenvalue weighted by atomic mass is 10.2. The van der Waals surface area contributed by atoms with Crippen molar-refractivity contribution in [3.8, 4) is 5.75 Å².